The Kier molecular flexibility index (Phi) is 3.60. The van der Waals surface area contributed by atoms with E-state index in [0.29, 0.717) is 7.36 Å². The molecule has 0 aromatic rings. The minimum atomic E-state index is 0.559. The van der Waals surface area contributed by atoms with Gasteiger partial charge >= 0.3 is 0 Å². The van der Waals surface area contributed by atoms with E-state index in [1.807, 2.05) is 0 Å². The Morgan fingerprint density at radius 1 is 1.67 bits per heavy atom. The van der Waals surface area contributed by atoms with Crippen LogP contribution in [0.2, 0.25) is 0 Å². The summed E-state index contributed by atoms with van der Waals surface area (Å²) in [6, 6.07) is 0. The molecule has 0 aliphatic rings. The summed E-state index contributed by atoms with van der Waals surface area (Å²) in [6.45, 7) is 4.11. The van der Waals surface area contributed by atoms with Crippen molar-refractivity contribution < 1.29 is 0 Å². The van der Waals surface area contributed by atoms with Gasteiger partial charge in [0.25, 0.3) is 0 Å². The van der Waals surface area contributed by atoms with Crippen LogP contribution in [-0.2, 0) is 11.8 Å². The molecule has 0 heterocycles. The molecule has 0 nitrogen and oxygen atoms in total. The van der Waals surface area contributed by atoms with E-state index in [0.717, 1.165) is 0 Å². The van der Waals surface area contributed by atoms with Crippen molar-refractivity contribution in [1.29, 1.82) is 0 Å². The molecule has 0 aromatic heterocycles. The van der Waals surface area contributed by atoms with Gasteiger partial charge in [0, 0.05) is 0 Å². The molecule has 0 aliphatic carbocycles. The van der Waals surface area contributed by atoms with Crippen molar-refractivity contribution in [2.24, 2.45) is 0 Å². The first-order valence-corrected chi connectivity index (χ1v) is 3.99. The van der Waals surface area contributed by atoms with Gasteiger partial charge in [0.2, 0.25) is 0 Å². The fourth-order valence-corrected chi connectivity index (χ4v) is 1.06. The van der Waals surface area contributed by atoms with E-state index in [4.69, 9.17) is 0 Å². The van der Waals surface area contributed by atoms with Crippen molar-refractivity contribution >= 4 is 19.2 Å². The maximum absolute atomic E-state index is 4.68. The lowest BCUT2D eigenvalue weighted by atomic mass is 10.4. The summed E-state index contributed by atoms with van der Waals surface area (Å²) in [6.07, 6.45) is 0. The molecule has 0 fully saturated rings. The van der Waals surface area contributed by atoms with Crippen molar-refractivity contribution in [3.05, 3.63) is 11.4 Å². The quantitative estimate of drug-likeness (QED) is 0.476. The van der Waals surface area contributed by atoms with Crippen LogP contribution in [0.4, 0.5) is 0 Å². The average Bonchev–Trinajstić information content (AvgIpc) is 1.35. The summed E-state index contributed by atoms with van der Waals surface area (Å²) in [5.41, 5.74) is 1.32. The fraction of sp³-hybridized carbons (Fsp3) is 0.500. The zero-order chi connectivity index (χ0) is 4.99. The highest BCUT2D eigenvalue weighted by Crippen LogP contribution is 1.98. The lowest BCUT2D eigenvalue weighted by Crippen LogP contribution is -1.50. The summed E-state index contributed by atoms with van der Waals surface area (Å²) < 4.78 is 0. The molecule has 0 spiro atoms. The number of hydrogen-bond acceptors (Lipinski definition) is 1. The topological polar surface area (TPSA) is 0 Å². The second kappa shape index (κ2) is 3.45. The highest BCUT2D eigenvalue weighted by molar-refractivity contribution is 7.97. The second-order valence-electron chi connectivity index (χ2n) is 1.34. The Labute approximate surface area is 45.1 Å². The Hall–Kier alpha value is 0.260. The van der Waals surface area contributed by atoms with E-state index in [-0.39, 0.29) is 0 Å². The van der Waals surface area contributed by atoms with Crippen LogP contribution in [0, 0.1) is 0 Å². The van der Waals surface area contributed by atoms with Gasteiger partial charge in [-0.15, -0.1) is 0 Å². The molecule has 0 amide bonds. The van der Waals surface area contributed by atoms with E-state index in [9.17, 15) is 0 Å². The molecule has 0 radical (unpaired) electrons. The lowest BCUT2D eigenvalue weighted by molar-refractivity contribution is 1.42. The van der Waals surface area contributed by atoms with E-state index >= 15 is 0 Å². The second-order valence-corrected chi connectivity index (χ2v) is 2.57. The maximum Gasteiger partial charge on any atom is 0.190 e. The summed E-state index contributed by atoms with van der Waals surface area (Å²) in [5, 5.41) is 0. The van der Waals surface area contributed by atoms with Gasteiger partial charge in [-0.05, 0) is 19.4 Å². The molecule has 1 unspecified atom stereocenters. The zero-order valence-electron chi connectivity index (χ0n) is 3.99. The van der Waals surface area contributed by atoms with E-state index in [1.165, 1.54) is 5.57 Å². The van der Waals surface area contributed by atoms with Gasteiger partial charge in [0.05, 0.1) is 0 Å². The molecule has 0 saturated heterocycles. The highest BCUT2D eigenvalue weighted by Gasteiger charge is 1.73. The van der Waals surface area contributed by atoms with Gasteiger partial charge in [0.15, 0.2) is 19.2 Å². The van der Waals surface area contributed by atoms with Gasteiger partial charge in [0.1, 0.15) is 5.82 Å². The highest BCUT2D eigenvalue weighted by atomic mass is 32.4. The number of allylic oxidation sites excluding steroid dienone is 1. The number of rotatable bonds is 1. The first kappa shape index (κ1) is 6.26. The average molecular weight is 119 g/mol. The maximum atomic E-state index is 4.68. The molecule has 2 heteroatoms. The van der Waals surface area contributed by atoms with Crippen LogP contribution < -0.4 is 0 Å². The van der Waals surface area contributed by atoms with Gasteiger partial charge < -0.3 is 0 Å². The monoisotopic (exact) mass is 119 g/mol. The van der Waals surface area contributed by atoms with Crippen molar-refractivity contribution in [3.63, 3.8) is 0 Å². The lowest BCUT2D eigenvalue weighted by Gasteiger charge is -1.68. The van der Waals surface area contributed by atoms with Crippen molar-refractivity contribution in [1.82, 2.24) is 0 Å². The molecule has 34 valence electrons. The molecule has 0 N–H and O–H groups in total. The molecule has 0 aliphatic heterocycles. The van der Waals surface area contributed by atoms with Crippen LogP contribution in [0.3, 0.4) is 0 Å². The largest absolute Gasteiger partial charge is 0.190 e. The molecule has 6 heavy (non-hydrogen) atoms. The Bertz CT molecular complexity index is 71.6. The van der Waals surface area contributed by atoms with Gasteiger partial charge in [-0.1, -0.05) is 0 Å². The van der Waals surface area contributed by atoms with Crippen molar-refractivity contribution in [3.8, 4) is 0 Å². The molecule has 0 saturated carbocycles. The minimum absolute atomic E-state index is 0.559. The standard InChI is InChI=1S/C4H7PS/c1-4(2)3-5-6/h3H,1-2H3/p+1. The van der Waals surface area contributed by atoms with E-state index < -0.39 is 0 Å². The van der Waals surface area contributed by atoms with Crippen LogP contribution in [-0.4, -0.2) is 0 Å². The molecule has 0 aromatic carbocycles. The van der Waals surface area contributed by atoms with Crippen molar-refractivity contribution in [2.45, 2.75) is 13.8 Å². The Balaban J connectivity index is 3.41. The van der Waals surface area contributed by atoms with Gasteiger partial charge in [-0.3, -0.25) is 0 Å². The third-order valence-corrected chi connectivity index (χ3v) is 1.40. The minimum Gasteiger partial charge on any atom is -0.0402 e. The Morgan fingerprint density at radius 2 is 2.17 bits per heavy atom. The summed E-state index contributed by atoms with van der Waals surface area (Å²) >= 11 is 4.68. The van der Waals surface area contributed by atoms with Crippen LogP contribution in [0.15, 0.2) is 11.4 Å². The van der Waals surface area contributed by atoms with Crippen LogP contribution in [0.5, 0.6) is 0 Å². The van der Waals surface area contributed by atoms with E-state index in [2.05, 4.69) is 31.5 Å². The predicted octanol–water partition coefficient (Wildman–Crippen LogP) is 2.05. The van der Waals surface area contributed by atoms with Crippen LogP contribution in [0.25, 0.3) is 0 Å². The first-order valence-electron chi connectivity index (χ1n) is 1.78. The van der Waals surface area contributed by atoms with Crippen LogP contribution in [0.1, 0.15) is 13.8 Å². The van der Waals surface area contributed by atoms with Gasteiger partial charge in [-0.25, -0.2) is 0 Å². The molecule has 1 atom stereocenters. The predicted molar refractivity (Wildman–Crippen MR) is 35.1 cm³/mol. The first-order chi connectivity index (χ1) is 2.77. The number of hydrogen-bond donors (Lipinski definition) is 0. The fourth-order valence-electron chi connectivity index (χ4n) is 0.118. The van der Waals surface area contributed by atoms with Crippen LogP contribution >= 0.6 is 7.36 Å². The summed E-state index contributed by atoms with van der Waals surface area (Å²) in [7, 11) is 0.559. The smallest absolute Gasteiger partial charge is 0.0402 e. The van der Waals surface area contributed by atoms with Gasteiger partial charge in [-0.2, -0.15) is 0 Å². The van der Waals surface area contributed by atoms with E-state index in [1.54, 1.807) is 0 Å². The van der Waals surface area contributed by atoms with Crippen molar-refractivity contribution in [2.75, 3.05) is 0 Å². The molecule has 0 bridgehead atoms. The zero-order valence-corrected chi connectivity index (χ0v) is 5.80. The molecule has 0 rings (SSSR count). The molecular weight excluding hydrogens is 111 g/mol. The Morgan fingerprint density at radius 3 is 2.17 bits per heavy atom. The summed E-state index contributed by atoms with van der Waals surface area (Å²) in [5.74, 6) is 2.05. The normalized spacial score (nSPS) is 8.33. The SMILES string of the molecule is CC(C)=C[PH+]=S. The third kappa shape index (κ3) is 4.26. The summed E-state index contributed by atoms with van der Waals surface area (Å²) in [4.78, 5) is 0. The third-order valence-electron chi connectivity index (χ3n) is 0.348. The molecular formula is C4H8PS+.